The molecular formula is C5H2N2S2. The van der Waals surface area contributed by atoms with Crippen molar-refractivity contribution < 1.29 is 0 Å². The molecule has 0 amide bonds. The van der Waals surface area contributed by atoms with Gasteiger partial charge in [0.15, 0.2) is 0 Å². The second kappa shape index (κ2) is 2.82. The van der Waals surface area contributed by atoms with Gasteiger partial charge in [-0.05, 0) is 0 Å². The lowest BCUT2D eigenvalue weighted by atomic mass is 10.4. The normalized spacial score (nSPS) is 15.1. The summed E-state index contributed by atoms with van der Waals surface area (Å²) in [4.78, 5) is 0. The van der Waals surface area contributed by atoms with Crippen molar-refractivity contribution in [1.29, 1.82) is 10.5 Å². The molecule has 1 saturated heterocycles. The summed E-state index contributed by atoms with van der Waals surface area (Å²) in [6.45, 7) is 0. The first-order valence-electron chi connectivity index (χ1n) is 2.18. The van der Waals surface area contributed by atoms with Gasteiger partial charge >= 0.3 is 0 Å². The second-order valence-electron chi connectivity index (χ2n) is 1.29. The van der Waals surface area contributed by atoms with Crippen molar-refractivity contribution in [3.05, 3.63) is 9.81 Å². The number of allylic oxidation sites excluding steroid dienone is 1. The van der Waals surface area contributed by atoms with Crippen LogP contribution in [-0.2, 0) is 0 Å². The molecule has 0 aliphatic carbocycles. The molecule has 2 nitrogen and oxygen atoms in total. The van der Waals surface area contributed by atoms with Gasteiger partial charge in [-0.3, -0.25) is 0 Å². The van der Waals surface area contributed by atoms with E-state index in [1.165, 1.54) is 0 Å². The second-order valence-corrected chi connectivity index (χ2v) is 3.89. The molecule has 1 fully saturated rings. The molecule has 1 rings (SSSR count). The summed E-state index contributed by atoms with van der Waals surface area (Å²) in [5, 5.41) is 17.6. The lowest BCUT2D eigenvalue weighted by molar-refractivity contribution is 1.46. The highest BCUT2D eigenvalue weighted by atomic mass is 32.3. The summed E-state index contributed by atoms with van der Waals surface area (Å²) in [6, 6.07) is 3.66. The van der Waals surface area contributed by atoms with Crippen molar-refractivity contribution in [2.45, 2.75) is 0 Å². The molecule has 0 N–H and O–H groups in total. The Kier molecular flexibility index (Phi) is 2.05. The predicted molar refractivity (Wildman–Crippen MR) is 38.3 cm³/mol. The van der Waals surface area contributed by atoms with Gasteiger partial charge in [0.2, 0.25) is 0 Å². The molecule has 1 aliphatic heterocycles. The van der Waals surface area contributed by atoms with Crippen molar-refractivity contribution in [3.63, 3.8) is 0 Å². The van der Waals surface area contributed by atoms with Gasteiger partial charge in [0.1, 0.15) is 17.7 Å². The van der Waals surface area contributed by atoms with Gasteiger partial charge in [-0.2, -0.15) is 10.5 Å². The number of thioether (sulfide) groups is 2. The van der Waals surface area contributed by atoms with Crippen LogP contribution in [0.2, 0.25) is 0 Å². The molecule has 0 aromatic heterocycles. The van der Waals surface area contributed by atoms with Crippen LogP contribution >= 0.6 is 23.5 Å². The maximum absolute atomic E-state index is 8.30. The summed E-state index contributed by atoms with van der Waals surface area (Å²) in [5.74, 6) is 0. The number of nitriles is 2. The Morgan fingerprint density at radius 3 is 2.00 bits per heavy atom. The molecule has 9 heavy (non-hydrogen) atoms. The Balaban J connectivity index is 2.80. The van der Waals surface area contributed by atoms with Crippen molar-refractivity contribution in [3.8, 4) is 12.1 Å². The Morgan fingerprint density at radius 1 is 1.33 bits per heavy atom. The van der Waals surface area contributed by atoms with Crippen LogP contribution in [0.25, 0.3) is 0 Å². The average molecular weight is 154 g/mol. The number of hydrogen-bond donors (Lipinski definition) is 0. The van der Waals surface area contributed by atoms with E-state index in [1.807, 2.05) is 12.1 Å². The highest BCUT2D eigenvalue weighted by Gasteiger charge is 2.15. The van der Waals surface area contributed by atoms with Crippen LogP contribution in [-0.4, -0.2) is 5.08 Å². The van der Waals surface area contributed by atoms with Crippen LogP contribution in [0.5, 0.6) is 0 Å². The molecule has 4 heteroatoms. The molecule has 0 radical (unpaired) electrons. The Hall–Kier alpha value is -0.580. The van der Waals surface area contributed by atoms with Crippen LogP contribution in [0.3, 0.4) is 0 Å². The van der Waals surface area contributed by atoms with E-state index in [9.17, 15) is 0 Å². The van der Waals surface area contributed by atoms with E-state index in [0.717, 1.165) is 9.32 Å². The third-order valence-corrected chi connectivity index (χ3v) is 3.39. The SMILES string of the molecule is N#CC(C#N)=C1SCS1. The lowest BCUT2D eigenvalue weighted by Gasteiger charge is -2.13. The Morgan fingerprint density at radius 2 is 1.89 bits per heavy atom. The van der Waals surface area contributed by atoms with Gasteiger partial charge in [-0.25, -0.2) is 0 Å². The van der Waals surface area contributed by atoms with Gasteiger partial charge in [-0.1, -0.05) is 0 Å². The molecule has 44 valence electrons. The summed E-state index contributed by atoms with van der Waals surface area (Å²) in [6.07, 6.45) is 0. The maximum atomic E-state index is 8.30. The minimum absolute atomic E-state index is 0.260. The summed E-state index contributed by atoms with van der Waals surface area (Å²) < 4.78 is 0.875. The molecule has 0 aromatic carbocycles. The fourth-order valence-corrected chi connectivity index (χ4v) is 1.79. The first kappa shape index (κ1) is 6.54. The van der Waals surface area contributed by atoms with Gasteiger partial charge in [0.25, 0.3) is 0 Å². The standard InChI is InChI=1S/C5H2N2S2/c6-1-4(2-7)5-8-3-9-5/h3H2. The van der Waals surface area contributed by atoms with E-state index >= 15 is 0 Å². The van der Waals surface area contributed by atoms with Gasteiger partial charge in [-0.15, -0.1) is 23.5 Å². The topological polar surface area (TPSA) is 47.6 Å². The molecule has 0 aromatic rings. The largest absolute Gasteiger partial charge is 0.192 e. The van der Waals surface area contributed by atoms with Crippen LogP contribution in [0.4, 0.5) is 0 Å². The quantitative estimate of drug-likeness (QED) is 0.498. The molecule has 0 bridgehead atoms. The predicted octanol–water partition coefficient (Wildman–Crippen LogP) is 1.68. The Bertz CT molecular complexity index is 208. The molecule has 0 spiro atoms. The summed E-state index contributed by atoms with van der Waals surface area (Å²) in [7, 11) is 0. The zero-order chi connectivity index (χ0) is 6.69. The first-order chi connectivity index (χ1) is 4.38. The molecular weight excluding hydrogens is 152 g/mol. The first-order valence-corrected chi connectivity index (χ1v) is 4.15. The monoisotopic (exact) mass is 154 g/mol. The van der Waals surface area contributed by atoms with Crippen molar-refractivity contribution >= 4 is 23.5 Å². The number of hydrogen-bond acceptors (Lipinski definition) is 4. The highest BCUT2D eigenvalue weighted by molar-refractivity contribution is 8.37. The molecule has 0 saturated carbocycles. The van der Waals surface area contributed by atoms with E-state index in [2.05, 4.69) is 0 Å². The minimum Gasteiger partial charge on any atom is -0.192 e. The number of rotatable bonds is 0. The highest BCUT2D eigenvalue weighted by Crippen LogP contribution is 2.44. The third-order valence-electron chi connectivity index (χ3n) is 0.808. The van der Waals surface area contributed by atoms with Crippen LogP contribution < -0.4 is 0 Å². The fourth-order valence-electron chi connectivity index (χ4n) is 0.378. The summed E-state index contributed by atoms with van der Waals surface area (Å²) >= 11 is 3.12. The Labute approximate surface area is 61.5 Å². The van der Waals surface area contributed by atoms with Gasteiger partial charge in [0, 0.05) is 5.08 Å². The average Bonchev–Trinajstić information content (AvgIpc) is 1.78. The molecule has 1 heterocycles. The van der Waals surface area contributed by atoms with Gasteiger partial charge < -0.3 is 0 Å². The zero-order valence-electron chi connectivity index (χ0n) is 4.42. The van der Waals surface area contributed by atoms with Crippen molar-refractivity contribution in [2.75, 3.05) is 5.08 Å². The van der Waals surface area contributed by atoms with Crippen molar-refractivity contribution in [1.82, 2.24) is 0 Å². The van der Waals surface area contributed by atoms with E-state index in [0.29, 0.717) is 0 Å². The fraction of sp³-hybridized carbons (Fsp3) is 0.200. The maximum Gasteiger partial charge on any atom is 0.149 e. The third kappa shape index (κ3) is 1.21. The number of nitrogens with zero attached hydrogens (tertiary/aromatic N) is 2. The lowest BCUT2D eigenvalue weighted by Crippen LogP contribution is -1.89. The smallest absolute Gasteiger partial charge is 0.149 e. The van der Waals surface area contributed by atoms with E-state index < -0.39 is 0 Å². The molecule has 1 aliphatic rings. The molecule has 0 unspecified atom stereocenters. The van der Waals surface area contributed by atoms with E-state index in [-0.39, 0.29) is 5.57 Å². The van der Waals surface area contributed by atoms with Crippen LogP contribution in [0, 0.1) is 22.7 Å². The minimum atomic E-state index is 0.260. The van der Waals surface area contributed by atoms with E-state index in [4.69, 9.17) is 10.5 Å². The zero-order valence-corrected chi connectivity index (χ0v) is 6.05. The van der Waals surface area contributed by atoms with Crippen LogP contribution in [0.1, 0.15) is 0 Å². The van der Waals surface area contributed by atoms with E-state index in [1.54, 1.807) is 23.5 Å². The van der Waals surface area contributed by atoms with Crippen LogP contribution in [0.15, 0.2) is 9.81 Å². The van der Waals surface area contributed by atoms with Gasteiger partial charge in [0.05, 0.1) is 4.24 Å². The van der Waals surface area contributed by atoms with Crippen molar-refractivity contribution in [2.24, 2.45) is 0 Å². The summed E-state index contributed by atoms with van der Waals surface area (Å²) in [5.41, 5.74) is 0.260. The molecule has 0 atom stereocenters.